The van der Waals surface area contributed by atoms with Gasteiger partial charge in [-0.05, 0) is 37.7 Å². The predicted octanol–water partition coefficient (Wildman–Crippen LogP) is 0.897. The molecule has 0 spiro atoms. The van der Waals surface area contributed by atoms with E-state index in [0.717, 1.165) is 31.9 Å². The maximum atomic E-state index is 5.79. The van der Waals surface area contributed by atoms with Crippen molar-refractivity contribution < 1.29 is 9.47 Å². The Morgan fingerprint density at radius 1 is 1.50 bits per heavy atom. The van der Waals surface area contributed by atoms with E-state index in [9.17, 15) is 0 Å². The van der Waals surface area contributed by atoms with Crippen molar-refractivity contribution in [3.8, 4) is 5.75 Å². The summed E-state index contributed by atoms with van der Waals surface area (Å²) >= 11 is 0. The summed E-state index contributed by atoms with van der Waals surface area (Å²) in [6, 6.07) is 8.12. The number of hydrogen-bond acceptors (Lipinski definition) is 4. The van der Waals surface area contributed by atoms with E-state index in [0.29, 0.717) is 13.2 Å². The lowest BCUT2D eigenvalue weighted by molar-refractivity contribution is -0.0403. The molecule has 1 aliphatic heterocycles. The second-order valence-electron chi connectivity index (χ2n) is 4.75. The monoisotopic (exact) mass is 250 g/mol. The van der Waals surface area contributed by atoms with Crippen molar-refractivity contribution in [3.63, 3.8) is 0 Å². The Balaban J connectivity index is 1.83. The maximum absolute atomic E-state index is 5.79. The van der Waals surface area contributed by atoms with Gasteiger partial charge in [0.15, 0.2) is 0 Å². The van der Waals surface area contributed by atoms with Gasteiger partial charge in [-0.3, -0.25) is 0 Å². The summed E-state index contributed by atoms with van der Waals surface area (Å²) in [6.45, 7) is 4.00. The molecule has 1 unspecified atom stereocenters. The third kappa shape index (κ3) is 3.98. The smallest absolute Gasteiger partial charge is 0.119 e. The van der Waals surface area contributed by atoms with Gasteiger partial charge >= 0.3 is 0 Å². The van der Waals surface area contributed by atoms with Gasteiger partial charge in [-0.25, -0.2) is 0 Å². The van der Waals surface area contributed by atoms with Gasteiger partial charge in [0, 0.05) is 13.1 Å². The quantitative estimate of drug-likeness (QED) is 0.843. The molecule has 0 aromatic heterocycles. The summed E-state index contributed by atoms with van der Waals surface area (Å²) in [4.78, 5) is 2.27. The van der Waals surface area contributed by atoms with Crippen LogP contribution in [0.15, 0.2) is 24.3 Å². The van der Waals surface area contributed by atoms with Crippen LogP contribution in [0, 0.1) is 0 Å². The van der Waals surface area contributed by atoms with E-state index in [1.807, 2.05) is 12.1 Å². The lowest BCUT2D eigenvalue weighted by Crippen LogP contribution is -2.42. The number of benzene rings is 1. The van der Waals surface area contributed by atoms with Crippen LogP contribution < -0.4 is 10.5 Å². The highest BCUT2D eigenvalue weighted by atomic mass is 16.5. The van der Waals surface area contributed by atoms with Gasteiger partial charge in [0.2, 0.25) is 0 Å². The average Bonchev–Trinajstić information content (AvgIpc) is 2.37. The molecule has 0 radical (unpaired) electrons. The van der Waals surface area contributed by atoms with Gasteiger partial charge in [0.05, 0.1) is 6.61 Å². The number of ether oxygens (including phenoxy) is 2. The zero-order valence-electron chi connectivity index (χ0n) is 11.0. The van der Waals surface area contributed by atoms with Crippen molar-refractivity contribution in [3.05, 3.63) is 29.8 Å². The van der Waals surface area contributed by atoms with Crippen LogP contribution in [-0.4, -0.2) is 50.9 Å². The van der Waals surface area contributed by atoms with Crippen LogP contribution in [0.2, 0.25) is 0 Å². The molecule has 4 nitrogen and oxygen atoms in total. The lowest BCUT2D eigenvalue weighted by Gasteiger charge is -2.29. The van der Waals surface area contributed by atoms with Crippen LogP contribution in [0.4, 0.5) is 0 Å². The molecule has 1 aromatic carbocycles. The minimum atomic E-state index is 0.168. The lowest BCUT2D eigenvalue weighted by atomic mass is 10.1. The molecule has 100 valence electrons. The molecule has 1 heterocycles. The van der Waals surface area contributed by atoms with E-state index in [-0.39, 0.29) is 6.10 Å². The fraction of sp³-hybridized carbons (Fsp3) is 0.571. The first-order chi connectivity index (χ1) is 8.78. The van der Waals surface area contributed by atoms with E-state index < -0.39 is 0 Å². The molecule has 0 bridgehead atoms. The highest BCUT2D eigenvalue weighted by molar-refractivity contribution is 5.28. The Bertz CT molecular complexity index is 371. The Labute approximate surface area is 109 Å². The fourth-order valence-corrected chi connectivity index (χ4v) is 2.11. The van der Waals surface area contributed by atoms with Crippen LogP contribution in [0.5, 0.6) is 5.75 Å². The molecular formula is C14H22N2O2. The highest BCUT2D eigenvalue weighted by Gasteiger charge is 2.18. The molecule has 0 saturated carbocycles. The van der Waals surface area contributed by atoms with E-state index in [1.54, 1.807) is 0 Å². The van der Waals surface area contributed by atoms with Crippen molar-refractivity contribution in [1.29, 1.82) is 0 Å². The normalized spacial score (nSPS) is 20.9. The van der Waals surface area contributed by atoms with Crippen LogP contribution in [0.25, 0.3) is 0 Å². The minimum absolute atomic E-state index is 0.168. The molecule has 2 N–H and O–H groups in total. The van der Waals surface area contributed by atoms with Crippen LogP contribution in [0.1, 0.15) is 5.56 Å². The molecule has 2 rings (SSSR count). The molecule has 1 atom stereocenters. The maximum Gasteiger partial charge on any atom is 0.119 e. The van der Waals surface area contributed by atoms with Crippen molar-refractivity contribution in [1.82, 2.24) is 4.90 Å². The summed E-state index contributed by atoms with van der Waals surface area (Å²) in [5.41, 5.74) is 6.77. The highest BCUT2D eigenvalue weighted by Crippen LogP contribution is 2.15. The topological polar surface area (TPSA) is 47.7 Å². The first-order valence-corrected chi connectivity index (χ1v) is 6.50. The van der Waals surface area contributed by atoms with Gasteiger partial charge in [-0.2, -0.15) is 0 Å². The van der Waals surface area contributed by atoms with Crippen molar-refractivity contribution in [2.24, 2.45) is 5.73 Å². The Morgan fingerprint density at radius 2 is 2.39 bits per heavy atom. The van der Waals surface area contributed by atoms with Gasteiger partial charge in [0.25, 0.3) is 0 Å². The van der Waals surface area contributed by atoms with E-state index in [4.69, 9.17) is 15.2 Å². The van der Waals surface area contributed by atoms with Gasteiger partial charge in [-0.15, -0.1) is 0 Å². The zero-order valence-corrected chi connectivity index (χ0v) is 11.0. The number of rotatable bonds is 5. The Hall–Kier alpha value is -1.10. The Kier molecular flexibility index (Phi) is 4.99. The van der Waals surface area contributed by atoms with Crippen LogP contribution in [0.3, 0.4) is 0 Å². The number of nitrogens with two attached hydrogens (primary N) is 1. The number of hydrogen-bond donors (Lipinski definition) is 1. The molecular weight excluding hydrogens is 228 g/mol. The van der Waals surface area contributed by atoms with E-state index >= 15 is 0 Å². The Morgan fingerprint density at radius 3 is 3.17 bits per heavy atom. The van der Waals surface area contributed by atoms with Crippen molar-refractivity contribution in [2.45, 2.75) is 12.5 Å². The third-order valence-electron chi connectivity index (χ3n) is 3.11. The molecule has 1 saturated heterocycles. The molecule has 18 heavy (non-hydrogen) atoms. The van der Waals surface area contributed by atoms with E-state index in [2.05, 4.69) is 24.1 Å². The largest absolute Gasteiger partial charge is 0.491 e. The fourth-order valence-electron chi connectivity index (χ4n) is 2.11. The van der Waals surface area contributed by atoms with E-state index in [1.165, 1.54) is 5.56 Å². The van der Waals surface area contributed by atoms with Gasteiger partial charge in [0.1, 0.15) is 18.5 Å². The van der Waals surface area contributed by atoms with Crippen LogP contribution in [-0.2, 0) is 11.2 Å². The number of nitrogens with zero attached hydrogens (tertiary/aromatic N) is 1. The SMILES string of the molecule is CN1CCOC(COc2cccc(CCN)c2)C1. The zero-order chi connectivity index (χ0) is 12.8. The summed E-state index contributed by atoms with van der Waals surface area (Å²) in [6.07, 6.45) is 1.06. The molecule has 1 aromatic rings. The van der Waals surface area contributed by atoms with Crippen molar-refractivity contribution >= 4 is 0 Å². The summed E-state index contributed by atoms with van der Waals surface area (Å²) in [7, 11) is 2.11. The van der Waals surface area contributed by atoms with Gasteiger partial charge < -0.3 is 20.1 Å². The number of likely N-dealkylation sites (N-methyl/N-ethyl adjacent to an activating group) is 1. The first kappa shape index (κ1) is 13.3. The molecule has 0 aliphatic carbocycles. The third-order valence-corrected chi connectivity index (χ3v) is 3.11. The van der Waals surface area contributed by atoms with Crippen molar-refractivity contribution in [2.75, 3.05) is 39.9 Å². The minimum Gasteiger partial charge on any atom is -0.491 e. The average molecular weight is 250 g/mol. The summed E-state index contributed by atoms with van der Waals surface area (Å²) < 4.78 is 11.4. The molecule has 0 amide bonds. The summed E-state index contributed by atoms with van der Waals surface area (Å²) in [5, 5.41) is 0. The molecule has 1 aliphatic rings. The predicted molar refractivity (Wildman–Crippen MR) is 71.9 cm³/mol. The number of morpholine rings is 1. The second kappa shape index (κ2) is 6.73. The molecule has 4 heteroatoms. The standard InChI is InChI=1S/C14H22N2O2/c1-16-7-8-17-14(10-16)11-18-13-4-2-3-12(9-13)5-6-15/h2-4,9,14H,5-8,10-11,15H2,1H3. The molecule has 1 fully saturated rings. The first-order valence-electron chi connectivity index (χ1n) is 6.50. The van der Waals surface area contributed by atoms with Gasteiger partial charge in [-0.1, -0.05) is 12.1 Å². The summed E-state index contributed by atoms with van der Waals surface area (Å²) in [5.74, 6) is 0.901. The second-order valence-corrected chi connectivity index (χ2v) is 4.75. The van der Waals surface area contributed by atoms with Crippen LogP contribution >= 0.6 is 0 Å².